The van der Waals surface area contributed by atoms with Gasteiger partial charge >= 0.3 is 0 Å². The van der Waals surface area contributed by atoms with Gasteiger partial charge in [-0.15, -0.1) is 0 Å². The van der Waals surface area contributed by atoms with Crippen molar-refractivity contribution in [2.45, 2.75) is 0 Å². The molecule has 0 aliphatic carbocycles. The molecule has 0 saturated carbocycles. The fourth-order valence-electron chi connectivity index (χ4n) is 1.49. The number of benzene rings is 1. The number of nitro benzene ring substituents is 1. The Labute approximate surface area is 115 Å². The Morgan fingerprint density at radius 2 is 2.05 bits per heavy atom. The topological polar surface area (TPSA) is 128 Å². The van der Waals surface area contributed by atoms with Gasteiger partial charge < -0.3 is 5.73 Å². The fraction of sp³-hybridized carbons (Fsp3) is 0. The predicted molar refractivity (Wildman–Crippen MR) is 67.0 cm³/mol. The largest absolute Gasteiger partial charge is 0.364 e. The zero-order valence-corrected chi connectivity index (χ0v) is 10.6. The number of primary amides is 1. The van der Waals surface area contributed by atoms with Crippen LogP contribution in [-0.2, 0) is 0 Å². The Balaban J connectivity index is 2.80. The summed E-state index contributed by atoms with van der Waals surface area (Å²) in [4.78, 5) is 21.5. The van der Waals surface area contributed by atoms with E-state index in [0.717, 1.165) is 6.07 Å². The number of nitro groups is 1. The number of halogens is 2. The third kappa shape index (κ3) is 2.23. The SMILES string of the molecule is NC(=O)c1n[nH]nc1-c1c([N+](=O)[O-])ccc(Cl)c1Cl. The van der Waals surface area contributed by atoms with Crippen LogP contribution in [0.25, 0.3) is 11.3 Å². The normalized spacial score (nSPS) is 10.4. The van der Waals surface area contributed by atoms with Gasteiger partial charge in [0.1, 0.15) is 11.3 Å². The second kappa shape index (κ2) is 4.82. The van der Waals surface area contributed by atoms with Crippen molar-refractivity contribution in [3.05, 3.63) is 38.0 Å². The molecule has 0 aliphatic heterocycles. The van der Waals surface area contributed by atoms with Gasteiger partial charge in [-0.3, -0.25) is 14.9 Å². The third-order valence-electron chi connectivity index (χ3n) is 2.29. The Morgan fingerprint density at radius 3 is 2.63 bits per heavy atom. The molecule has 98 valence electrons. The van der Waals surface area contributed by atoms with Crippen LogP contribution >= 0.6 is 23.2 Å². The van der Waals surface area contributed by atoms with E-state index in [1.165, 1.54) is 6.07 Å². The van der Waals surface area contributed by atoms with E-state index in [1.54, 1.807) is 0 Å². The molecule has 0 unspecified atom stereocenters. The molecule has 1 amide bonds. The number of hydrogen-bond acceptors (Lipinski definition) is 5. The number of aromatic amines is 1. The van der Waals surface area contributed by atoms with Crippen molar-refractivity contribution < 1.29 is 9.72 Å². The lowest BCUT2D eigenvalue weighted by Crippen LogP contribution is -2.13. The quantitative estimate of drug-likeness (QED) is 0.659. The first-order chi connectivity index (χ1) is 8.93. The van der Waals surface area contributed by atoms with Crippen LogP contribution < -0.4 is 5.73 Å². The second-order valence-electron chi connectivity index (χ2n) is 3.40. The lowest BCUT2D eigenvalue weighted by atomic mass is 10.1. The van der Waals surface area contributed by atoms with E-state index in [2.05, 4.69) is 15.4 Å². The number of carbonyl (C=O) groups is 1. The molecule has 19 heavy (non-hydrogen) atoms. The lowest BCUT2D eigenvalue weighted by Gasteiger charge is -2.04. The van der Waals surface area contributed by atoms with Crippen LogP contribution in [0.3, 0.4) is 0 Å². The summed E-state index contributed by atoms with van der Waals surface area (Å²) in [5.41, 5.74) is 4.26. The fourth-order valence-corrected chi connectivity index (χ4v) is 1.90. The van der Waals surface area contributed by atoms with Crippen LogP contribution in [0, 0.1) is 10.1 Å². The van der Waals surface area contributed by atoms with Gasteiger partial charge in [0.15, 0.2) is 5.69 Å². The number of amides is 1. The summed E-state index contributed by atoms with van der Waals surface area (Å²) in [7, 11) is 0. The maximum absolute atomic E-state index is 11.2. The zero-order chi connectivity index (χ0) is 14.2. The molecule has 2 rings (SSSR count). The first kappa shape index (κ1) is 13.2. The van der Waals surface area contributed by atoms with Gasteiger partial charge in [-0.2, -0.15) is 15.4 Å². The minimum Gasteiger partial charge on any atom is -0.364 e. The van der Waals surface area contributed by atoms with E-state index in [4.69, 9.17) is 28.9 Å². The smallest absolute Gasteiger partial charge is 0.280 e. The monoisotopic (exact) mass is 301 g/mol. The number of nitrogens with two attached hydrogens (primary N) is 1. The minimum atomic E-state index is -0.894. The van der Waals surface area contributed by atoms with Crippen molar-refractivity contribution >= 4 is 34.8 Å². The van der Waals surface area contributed by atoms with Crippen LogP contribution in [0.5, 0.6) is 0 Å². The van der Waals surface area contributed by atoms with E-state index in [0.29, 0.717) is 0 Å². The maximum Gasteiger partial charge on any atom is 0.280 e. The van der Waals surface area contributed by atoms with Crippen LogP contribution in [-0.4, -0.2) is 26.2 Å². The van der Waals surface area contributed by atoms with Gasteiger partial charge in [-0.05, 0) is 6.07 Å². The molecule has 0 saturated heterocycles. The Morgan fingerprint density at radius 1 is 1.37 bits per heavy atom. The summed E-state index contributed by atoms with van der Waals surface area (Å²) in [6.07, 6.45) is 0. The maximum atomic E-state index is 11.2. The molecule has 10 heteroatoms. The van der Waals surface area contributed by atoms with E-state index in [9.17, 15) is 14.9 Å². The summed E-state index contributed by atoms with van der Waals surface area (Å²) in [5.74, 6) is -0.894. The van der Waals surface area contributed by atoms with Crippen LogP contribution in [0.1, 0.15) is 10.5 Å². The Bertz CT molecular complexity index is 684. The summed E-state index contributed by atoms with van der Waals surface area (Å²) in [6.45, 7) is 0. The number of carbonyl (C=O) groups excluding carboxylic acids is 1. The van der Waals surface area contributed by atoms with Crippen molar-refractivity contribution in [2.75, 3.05) is 0 Å². The minimum absolute atomic E-state index is 0.0840. The van der Waals surface area contributed by atoms with Gasteiger partial charge in [0.25, 0.3) is 11.6 Å². The van der Waals surface area contributed by atoms with Gasteiger partial charge in [0.2, 0.25) is 0 Å². The summed E-state index contributed by atoms with van der Waals surface area (Å²) < 4.78 is 0. The molecule has 1 heterocycles. The molecule has 2 aromatic rings. The molecule has 8 nitrogen and oxygen atoms in total. The second-order valence-corrected chi connectivity index (χ2v) is 4.18. The number of nitrogens with zero attached hydrogens (tertiary/aromatic N) is 3. The average molecular weight is 302 g/mol. The van der Waals surface area contributed by atoms with Crippen LogP contribution in [0.15, 0.2) is 12.1 Å². The van der Waals surface area contributed by atoms with Crippen molar-refractivity contribution in [1.29, 1.82) is 0 Å². The van der Waals surface area contributed by atoms with Gasteiger partial charge in [-0.1, -0.05) is 23.2 Å². The summed E-state index contributed by atoms with van der Waals surface area (Å²) in [5, 5.41) is 20.3. The summed E-state index contributed by atoms with van der Waals surface area (Å²) >= 11 is 11.8. The van der Waals surface area contributed by atoms with Crippen molar-refractivity contribution in [3.63, 3.8) is 0 Å². The molecule has 1 aromatic carbocycles. The van der Waals surface area contributed by atoms with E-state index in [-0.39, 0.29) is 32.7 Å². The highest BCUT2D eigenvalue weighted by molar-refractivity contribution is 6.44. The molecular weight excluding hydrogens is 297 g/mol. The first-order valence-electron chi connectivity index (χ1n) is 4.76. The highest BCUT2D eigenvalue weighted by atomic mass is 35.5. The van der Waals surface area contributed by atoms with Gasteiger partial charge in [0, 0.05) is 6.07 Å². The van der Waals surface area contributed by atoms with E-state index < -0.39 is 10.8 Å². The molecule has 0 spiro atoms. The number of nitrogens with one attached hydrogen (secondary N) is 1. The van der Waals surface area contributed by atoms with E-state index in [1.807, 2.05) is 0 Å². The molecule has 0 fully saturated rings. The molecule has 0 atom stereocenters. The number of H-pyrrole nitrogens is 1. The molecule has 3 N–H and O–H groups in total. The Kier molecular flexibility index (Phi) is 3.36. The van der Waals surface area contributed by atoms with Crippen molar-refractivity contribution in [2.24, 2.45) is 5.73 Å². The zero-order valence-electron chi connectivity index (χ0n) is 9.05. The van der Waals surface area contributed by atoms with E-state index >= 15 is 0 Å². The highest BCUT2D eigenvalue weighted by Gasteiger charge is 2.27. The number of hydrogen-bond donors (Lipinski definition) is 2. The molecular formula is C9H5Cl2N5O3. The average Bonchev–Trinajstić information content (AvgIpc) is 2.80. The van der Waals surface area contributed by atoms with Gasteiger partial charge in [0.05, 0.1) is 15.0 Å². The lowest BCUT2D eigenvalue weighted by molar-refractivity contribution is -0.384. The van der Waals surface area contributed by atoms with Crippen LogP contribution in [0.2, 0.25) is 10.0 Å². The molecule has 0 aliphatic rings. The standard InChI is InChI=1S/C9H5Cl2N5O3/c10-3-1-2-4(16(18)19)5(6(3)11)7-8(9(12)17)14-15-13-7/h1-2H,(H2,12,17)(H,13,14,15). The molecule has 0 radical (unpaired) electrons. The number of aromatic nitrogens is 3. The molecule has 1 aromatic heterocycles. The summed E-state index contributed by atoms with van der Waals surface area (Å²) in [6, 6.07) is 2.43. The predicted octanol–water partition coefficient (Wildman–Crippen LogP) is 1.79. The first-order valence-corrected chi connectivity index (χ1v) is 5.52. The highest BCUT2D eigenvalue weighted by Crippen LogP contribution is 2.40. The van der Waals surface area contributed by atoms with Crippen molar-refractivity contribution in [3.8, 4) is 11.3 Å². The Hall–Kier alpha value is -2.19. The van der Waals surface area contributed by atoms with Crippen molar-refractivity contribution in [1.82, 2.24) is 15.4 Å². The number of rotatable bonds is 3. The molecule has 0 bridgehead atoms. The van der Waals surface area contributed by atoms with Gasteiger partial charge in [-0.25, -0.2) is 0 Å². The third-order valence-corrected chi connectivity index (χ3v) is 3.09. The van der Waals surface area contributed by atoms with Crippen LogP contribution in [0.4, 0.5) is 5.69 Å².